The summed E-state index contributed by atoms with van der Waals surface area (Å²) in [5, 5.41) is 0. The minimum atomic E-state index is -0.400. The predicted molar refractivity (Wildman–Crippen MR) is 66.1 cm³/mol. The Morgan fingerprint density at radius 3 is 2.59 bits per heavy atom. The van der Waals surface area contributed by atoms with Crippen LogP contribution < -0.4 is 15.2 Å². The van der Waals surface area contributed by atoms with Crippen molar-refractivity contribution in [2.75, 3.05) is 13.7 Å². The van der Waals surface area contributed by atoms with E-state index in [0.29, 0.717) is 18.7 Å². The third kappa shape index (κ3) is 3.60. The van der Waals surface area contributed by atoms with Crippen LogP contribution in [-0.4, -0.2) is 19.8 Å². The summed E-state index contributed by atoms with van der Waals surface area (Å²) in [6, 6.07) is 3.02. The summed E-state index contributed by atoms with van der Waals surface area (Å²) in [5.41, 5.74) is 6.38. The van der Waals surface area contributed by atoms with Crippen molar-refractivity contribution in [3.63, 3.8) is 0 Å². The maximum absolute atomic E-state index is 13.7. The van der Waals surface area contributed by atoms with Crippen molar-refractivity contribution in [1.29, 1.82) is 0 Å². The van der Waals surface area contributed by atoms with Gasteiger partial charge in [0, 0.05) is 6.07 Å². The van der Waals surface area contributed by atoms with E-state index in [9.17, 15) is 4.39 Å². The number of rotatable bonds is 6. The molecule has 0 spiro atoms. The molecule has 0 saturated heterocycles. The van der Waals surface area contributed by atoms with E-state index in [1.165, 1.54) is 13.2 Å². The van der Waals surface area contributed by atoms with Crippen LogP contribution in [0.4, 0.5) is 4.39 Å². The van der Waals surface area contributed by atoms with E-state index in [1.54, 1.807) is 6.07 Å². The quantitative estimate of drug-likeness (QED) is 0.832. The van der Waals surface area contributed by atoms with E-state index >= 15 is 0 Å². The van der Waals surface area contributed by atoms with Crippen LogP contribution in [0.1, 0.15) is 25.8 Å². The smallest absolute Gasteiger partial charge is 0.168 e. The number of hydrogen-bond acceptors (Lipinski definition) is 3. The van der Waals surface area contributed by atoms with Crippen molar-refractivity contribution < 1.29 is 13.9 Å². The lowest BCUT2D eigenvalue weighted by Crippen LogP contribution is -2.12. The predicted octanol–water partition coefficient (Wildman–Crippen LogP) is 2.51. The van der Waals surface area contributed by atoms with Gasteiger partial charge in [-0.15, -0.1) is 0 Å². The first-order valence-electron chi connectivity index (χ1n) is 5.85. The maximum atomic E-state index is 13.7. The van der Waals surface area contributed by atoms with Crippen molar-refractivity contribution in [3.8, 4) is 11.5 Å². The molecule has 0 bridgehead atoms. The standard InChI is InChI=1S/C13H20FNO2/c1-4-9(2)17-13-7-10(5-6-15)12(16-3)8-11(13)14/h7-9H,4-6,15H2,1-3H3. The molecule has 3 nitrogen and oxygen atoms in total. The van der Waals surface area contributed by atoms with E-state index in [0.717, 1.165) is 12.0 Å². The molecule has 1 aromatic rings. The Hall–Kier alpha value is -1.29. The molecule has 4 heteroatoms. The average Bonchev–Trinajstić information content (AvgIpc) is 2.33. The van der Waals surface area contributed by atoms with Gasteiger partial charge in [0.25, 0.3) is 0 Å². The molecule has 0 saturated carbocycles. The molecule has 1 rings (SSSR count). The first kappa shape index (κ1) is 13.8. The van der Waals surface area contributed by atoms with E-state index in [-0.39, 0.29) is 11.9 Å². The summed E-state index contributed by atoms with van der Waals surface area (Å²) in [6.07, 6.45) is 1.46. The molecule has 0 aromatic heterocycles. The van der Waals surface area contributed by atoms with Crippen molar-refractivity contribution in [3.05, 3.63) is 23.5 Å². The molecule has 0 radical (unpaired) electrons. The van der Waals surface area contributed by atoms with E-state index in [1.807, 2.05) is 13.8 Å². The zero-order valence-electron chi connectivity index (χ0n) is 10.6. The highest BCUT2D eigenvalue weighted by Crippen LogP contribution is 2.28. The highest BCUT2D eigenvalue weighted by molar-refractivity contribution is 5.41. The molecule has 96 valence electrons. The van der Waals surface area contributed by atoms with Gasteiger partial charge < -0.3 is 15.2 Å². The van der Waals surface area contributed by atoms with Gasteiger partial charge in [-0.05, 0) is 37.9 Å². The van der Waals surface area contributed by atoms with Gasteiger partial charge in [0.1, 0.15) is 5.75 Å². The van der Waals surface area contributed by atoms with Crippen molar-refractivity contribution in [2.24, 2.45) is 5.73 Å². The molecule has 2 N–H and O–H groups in total. The van der Waals surface area contributed by atoms with Gasteiger partial charge in [-0.25, -0.2) is 4.39 Å². The number of ether oxygens (including phenoxy) is 2. The molecule has 1 unspecified atom stereocenters. The highest BCUT2D eigenvalue weighted by Gasteiger charge is 2.13. The molecule has 0 fully saturated rings. The molecule has 0 aliphatic carbocycles. The molecule has 0 heterocycles. The molecule has 0 aliphatic heterocycles. The molecule has 1 atom stereocenters. The van der Waals surface area contributed by atoms with Crippen LogP contribution in [0.3, 0.4) is 0 Å². The Labute approximate surface area is 102 Å². The van der Waals surface area contributed by atoms with Crippen LogP contribution in [-0.2, 0) is 6.42 Å². The van der Waals surface area contributed by atoms with Crippen molar-refractivity contribution >= 4 is 0 Å². The molecule has 0 aliphatic rings. The highest BCUT2D eigenvalue weighted by atomic mass is 19.1. The third-order valence-corrected chi connectivity index (χ3v) is 2.65. The molecule has 0 amide bonds. The Morgan fingerprint density at radius 1 is 1.35 bits per heavy atom. The summed E-state index contributed by atoms with van der Waals surface area (Å²) < 4.78 is 24.3. The first-order valence-corrected chi connectivity index (χ1v) is 5.85. The fraction of sp³-hybridized carbons (Fsp3) is 0.538. The second kappa shape index (κ2) is 6.45. The molecular formula is C13H20FNO2. The number of nitrogens with two attached hydrogens (primary N) is 1. The second-order valence-corrected chi connectivity index (χ2v) is 3.97. The minimum absolute atomic E-state index is 0.0105. The number of hydrogen-bond donors (Lipinski definition) is 1. The summed E-state index contributed by atoms with van der Waals surface area (Å²) >= 11 is 0. The van der Waals surface area contributed by atoms with Gasteiger partial charge in [0.15, 0.2) is 11.6 Å². The Balaban J connectivity index is 3.01. The molecule has 1 aromatic carbocycles. The van der Waals surface area contributed by atoms with Gasteiger partial charge >= 0.3 is 0 Å². The SMILES string of the molecule is CCC(C)Oc1cc(CCN)c(OC)cc1F. The Kier molecular flexibility index (Phi) is 5.22. The minimum Gasteiger partial charge on any atom is -0.496 e. The van der Waals surface area contributed by atoms with Crippen LogP contribution >= 0.6 is 0 Å². The normalized spacial score (nSPS) is 12.3. The second-order valence-electron chi connectivity index (χ2n) is 3.97. The number of methoxy groups -OCH3 is 1. The zero-order valence-corrected chi connectivity index (χ0v) is 10.6. The summed E-state index contributed by atoms with van der Waals surface area (Å²) in [6.45, 7) is 4.39. The van der Waals surface area contributed by atoms with Gasteiger partial charge in [-0.1, -0.05) is 6.92 Å². The topological polar surface area (TPSA) is 44.5 Å². The Morgan fingerprint density at radius 2 is 2.06 bits per heavy atom. The van der Waals surface area contributed by atoms with E-state index in [2.05, 4.69) is 0 Å². The monoisotopic (exact) mass is 241 g/mol. The van der Waals surface area contributed by atoms with Crippen LogP contribution in [0.2, 0.25) is 0 Å². The van der Waals surface area contributed by atoms with Gasteiger partial charge in [0.05, 0.1) is 13.2 Å². The maximum Gasteiger partial charge on any atom is 0.168 e. The van der Waals surface area contributed by atoms with Gasteiger partial charge in [-0.2, -0.15) is 0 Å². The van der Waals surface area contributed by atoms with Crippen molar-refractivity contribution in [1.82, 2.24) is 0 Å². The largest absolute Gasteiger partial charge is 0.496 e. The van der Waals surface area contributed by atoms with Crippen LogP contribution in [0.15, 0.2) is 12.1 Å². The van der Waals surface area contributed by atoms with Crippen LogP contribution in [0.25, 0.3) is 0 Å². The van der Waals surface area contributed by atoms with Crippen LogP contribution in [0, 0.1) is 5.82 Å². The zero-order chi connectivity index (χ0) is 12.8. The summed E-state index contributed by atoms with van der Waals surface area (Å²) in [5.74, 6) is 0.385. The molecule has 17 heavy (non-hydrogen) atoms. The summed E-state index contributed by atoms with van der Waals surface area (Å²) in [4.78, 5) is 0. The lowest BCUT2D eigenvalue weighted by atomic mass is 10.1. The fourth-order valence-corrected chi connectivity index (χ4v) is 1.51. The summed E-state index contributed by atoms with van der Waals surface area (Å²) in [7, 11) is 1.52. The number of benzene rings is 1. The van der Waals surface area contributed by atoms with E-state index < -0.39 is 5.82 Å². The first-order chi connectivity index (χ1) is 8.12. The van der Waals surface area contributed by atoms with Crippen molar-refractivity contribution in [2.45, 2.75) is 32.8 Å². The number of halogens is 1. The van der Waals surface area contributed by atoms with Gasteiger partial charge in [0.2, 0.25) is 0 Å². The lowest BCUT2D eigenvalue weighted by molar-refractivity contribution is 0.207. The fourth-order valence-electron chi connectivity index (χ4n) is 1.51. The Bertz CT molecular complexity index is 369. The van der Waals surface area contributed by atoms with Crippen LogP contribution in [0.5, 0.6) is 11.5 Å². The third-order valence-electron chi connectivity index (χ3n) is 2.65. The average molecular weight is 241 g/mol. The van der Waals surface area contributed by atoms with Gasteiger partial charge in [-0.3, -0.25) is 0 Å². The van der Waals surface area contributed by atoms with E-state index in [4.69, 9.17) is 15.2 Å². The molecular weight excluding hydrogens is 221 g/mol. The lowest BCUT2D eigenvalue weighted by Gasteiger charge is -2.16.